The van der Waals surface area contributed by atoms with Gasteiger partial charge < -0.3 is 24.8 Å². The lowest BCUT2D eigenvalue weighted by Crippen LogP contribution is -3.00. The van der Waals surface area contributed by atoms with Crippen LogP contribution in [0.1, 0.15) is 103 Å². The fourth-order valence-corrected chi connectivity index (χ4v) is 4.52. The maximum atomic E-state index is 5.85. The average molecular weight is 587 g/mol. The summed E-state index contributed by atoms with van der Waals surface area (Å²) in [6.45, 7) is 5.35. The van der Waals surface area contributed by atoms with Gasteiger partial charge in [0, 0.05) is 25.5 Å². The summed E-state index contributed by atoms with van der Waals surface area (Å²) in [7, 11) is 1.86. The molecule has 0 amide bonds. The summed E-state index contributed by atoms with van der Waals surface area (Å²) in [5.41, 5.74) is 0.904. The third kappa shape index (κ3) is 17.8. The monoisotopic (exact) mass is 584 g/mol. The SMILES string of the molecule is CCCCCCCCCCCCCCCC[n+]1ccccc1.Cc1c(Cl)c(Cl)c(Cl)c[n+]1C.[Cl-].[Cl-]. The Labute approximate surface area is 242 Å². The van der Waals surface area contributed by atoms with Crippen molar-refractivity contribution in [3.63, 3.8) is 0 Å². The van der Waals surface area contributed by atoms with Crippen LogP contribution < -0.4 is 33.9 Å². The van der Waals surface area contributed by atoms with Gasteiger partial charge in [0.2, 0.25) is 0 Å². The van der Waals surface area contributed by atoms with E-state index in [1.165, 1.54) is 96.4 Å². The minimum Gasteiger partial charge on any atom is -1.00 e. The summed E-state index contributed by atoms with van der Waals surface area (Å²) >= 11 is 17.4. The lowest BCUT2D eigenvalue weighted by molar-refractivity contribution is -0.697. The van der Waals surface area contributed by atoms with Gasteiger partial charge in [0.25, 0.3) is 0 Å². The van der Waals surface area contributed by atoms with Gasteiger partial charge >= 0.3 is 0 Å². The molecule has 0 bridgehead atoms. The topological polar surface area (TPSA) is 7.76 Å². The Morgan fingerprint density at radius 2 is 1.06 bits per heavy atom. The van der Waals surface area contributed by atoms with Crippen LogP contribution in [0.3, 0.4) is 0 Å². The van der Waals surface area contributed by atoms with Gasteiger partial charge in [-0.15, -0.1) is 0 Å². The van der Waals surface area contributed by atoms with Crippen LogP contribution in [0, 0.1) is 6.92 Å². The summed E-state index contributed by atoms with van der Waals surface area (Å²) in [5.74, 6) is 0. The van der Waals surface area contributed by atoms with Crippen LogP contribution in [0.25, 0.3) is 0 Å². The van der Waals surface area contributed by atoms with E-state index in [0.29, 0.717) is 15.1 Å². The first kappa shape index (κ1) is 36.9. The van der Waals surface area contributed by atoms with Crippen LogP contribution in [0.5, 0.6) is 0 Å². The van der Waals surface area contributed by atoms with Gasteiger partial charge in [-0.1, -0.05) is 125 Å². The Balaban J connectivity index is 0. The molecule has 0 atom stereocenters. The van der Waals surface area contributed by atoms with Crippen molar-refractivity contribution in [2.24, 2.45) is 7.05 Å². The highest BCUT2D eigenvalue weighted by atomic mass is 35.5. The molecular weight excluding hydrogens is 542 g/mol. The first-order valence-electron chi connectivity index (χ1n) is 12.9. The highest BCUT2D eigenvalue weighted by Gasteiger charge is 2.14. The number of hydrogen-bond donors (Lipinski definition) is 0. The molecule has 0 spiro atoms. The molecule has 0 unspecified atom stereocenters. The Bertz CT molecular complexity index is 731. The van der Waals surface area contributed by atoms with Gasteiger partial charge in [-0.3, -0.25) is 0 Å². The van der Waals surface area contributed by atoms with E-state index in [1.807, 2.05) is 18.5 Å². The third-order valence-corrected chi connectivity index (χ3v) is 7.44. The second kappa shape index (κ2) is 24.1. The van der Waals surface area contributed by atoms with E-state index in [0.717, 1.165) is 5.69 Å². The van der Waals surface area contributed by atoms with Crippen LogP contribution in [0.15, 0.2) is 36.8 Å². The van der Waals surface area contributed by atoms with Gasteiger partial charge in [-0.05, 0) is 6.42 Å². The first-order valence-corrected chi connectivity index (χ1v) is 14.0. The Kier molecular flexibility index (Phi) is 25.4. The van der Waals surface area contributed by atoms with E-state index < -0.39 is 0 Å². The molecule has 2 rings (SSSR count). The minimum absolute atomic E-state index is 0. The second-order valence-corrected chi connectivity index (χ2v) is 10.2. The fraction of sp³-hybridized carbons (Fsp3) is 0.643. The Morgan fingerprint density at radius 3 is 1.51 bits per heavy atom. The predicted octanol–water partition coefficient (Wildman–Crippen LogP) is 3.24. The highest BCUT2D eigenvalue weighted by molar-refractivity contribution is 6.47. The standard InChI is InChI=1S/C21H38N.C7H7Cl3N.2ClH/c1-2-3-4-5-6-7-8-9-10-11-12-13-14-16-19-22-20-17-15-18-21-22;1-4-6(9)7(10)5(8)3-11(4)2;;/h15,17-18,20-21H,2-14,16,19H2,1H3;3H,1-2H3;2*1H/q2*+1;;/p-2. The number of aromatic nitrogens is 2. The molecule has 0 saturated heterocycles. The zero-order valence-electron chi connectivity index (χ0n) is 21.9. The molecule has 0 aliphatic rings. The van der Waals surface area contributed by atoms with Gasteiger partial charge in [0.05, 0.1) is 5.02 Å². The van der Waals surface area contributed by atoms with Gasteiger partial charge in [-0.2, -0.15) is 0 Å². The van der Waals surface area contributed by atoms with Crippen LogP contribution in [-0.4, -0.2) is 0 Å². The number of halogens is 5. The minimum atomic E-state index is 0. The molecule has 7 heteroatoms. The highest BCUT2D eigenvalue weighted by Crippen LogP contribution is 2.29. The molecule has 202 valence electrons. The third-order valence-electron chi connectivity index (χ3n) is 6.10. The maximum Gasteiger partial charge on any atom is 0.198 e. The quantitative estimate of drug-likeness (QED) is 0.224. The average Bonchev–Trinajstić information content (AvgIpc) is 2.83. The summed E-state index contributed by atoms with van der Waals surface area (Å²) in [6, 6.07) is 6.31. The van der Waals surface area contributed by atoms with Crippen molar-refractivity contribution >= 4 is 34.8 Å². The zero-order chi connectivity index (χ0) is 24.3. The number of nitrogens with zero attached hydrogens (tertiary/aromatic N) is 2. The van der Waals surface area contributed by atoms with Gasteiger partial charge in [0.15, 0.2) is 24.3 Å². The van der Waals surface area contributed by atoms with Crippen molar-refractivity contribution in [1.82, 2.24) is 0 Å². The van der Waals surface area contributed by atoms with Crippen molar-refractivity contribution in [2.75, 3.05) is 0 Å². The Morgan fingerprint density at radius 1 is 0.629 bits per heavy atom. The van der Waals surface area contributed by atoms with Crippen molar-refractivity contribution in [1.29, 1.82) is 0 Å². The second-order valence-electron chi connectivity index (χ2n) is 9.01. The molecule has 35 heavy (non-hydrogen) atoms. The molecule has 2 aromatic heterocycles. The maximum absolute atomic E-state index is 5.85. The fourth-order valence-electron chi connectivity index (χ4n) is 3.81. The number of pyridine rings is 2. The molecular formula is C28H45Cl5N2. The zero-order valence-corrected chi connectivity index (χ0v) is 25.6. The van der Waals surface area contributed by atoms with Gasteiger partial charge in [-0.25, -0.2) is 9.13 Å². The van der Waals surface area contributed by atoms with Crippen LogP contribution >= 0.6 is 34.8 Å². The largest absolute Gasteiger partial charge is 1.00 e. The molecule has 2 heterocycles. The van der Waals surface area contributed by atoms with Crippen LogP contribution in [-0.2, 0) is 13.6 Å². The van der Waals surface area contributed by atoms with E-state index in [9.17, 15) is 0 Å². The van der Waals surface area contributed by atoms with Crippen molar-refractivity contribution in [3.05, 3.63) is 57.6 Å². The molecule has 2 aromatic rings. The molecule has 0 aliphatic carbocycles. The van der Waals surface area contributed by atoms with Crippen LogP contribution in [0.4, 0.5) is 0 Å². The first-order chi connectivity index (χ1) is 16.0. The molecule has 0 radical (unpaired) electrons. The molecule has 2 nitrogen and oxygen atoms in total. The molecule has 0 fully saturated rings. The summed E-state index contributed by atoms with van der Waals surface area (Å²) in [4.78, 5) is 0. The molecule has 0 aliphatic heterocycles. The Hall–Kier alpha value is -0.250. The van der Waals surface area contributed by atoms with Crippen molar-refractivity contribution in [2.45, 2.75) is 110 Å². The number of unbranched alkanes of at least 4 members (excludes halogenated alkanes) is 13. The lowest BCUT2D eigenvalue weighted by Gasteiger charge is -2.02. The number of aryl methyl sites for hydroxylation is 2. The van der Waals surface area contributed by atoms with Gasteiger partial charge in [0.1, 0.15) is 23.6 Å². The van der Waals surface area contributed by atoms with E-state index in [2.05, 4.69) is 42.1 Å². The molecule has 0 N–H and O–H groups in total. The molecule has 0 aromatic carbocycles. The number of hydrogen-bond acceptors (Lipinski definition) is 0. The summed E-state index contributed by atoms with van der Waals surface area (Å²) in [6.07, 6.45) is 26.1. The predicted molar refractivity (Wildman–Crippen MR) is 144 cm³/mol. The van der Waals surface area contributed by atoms with Crippen LogP contribution in [0.2, 0.25) is 15.1 Å². The van der Waals surface area contributed by atoms with E-state index in [-0.39, 0.29) is 24.8 Å². The van der Waals surface area contributed by atoms with E-state index in [4.69, 9.17) is 34.8 Å². The normalized spacial score (nSPS) is 10.1. The smallest absolute Gasteiger partial charge is 0.198 e. The summed E-state index contributed by atoms with van der Waals surface area (Å²) < 4.78 is 4.12. The van der Waals surface area contributed by atoms with Crippen molar-refractivity contribution in [3.8, 4) is 0 Å². The van der Waals surface area contributed by atoms with Crippen molar-refractivity contribution < 1.29 is 33.9 Å². The lowest BCUT2D eigenvalue weighted by atomic mass is 10.0. The number of rotatable bonds is 15. The molecule has 0 saturated carbocycles. The summed E-state index contributed by atoms with van der Waals surface area (Å²) in [5, 5.41) is 1.41. The van der Waals surface area contributed by atoms with E-state index in [1.54, 1.807) is 6.20 Å². The van der Waals surface area contributed by atoms with E-state index >= 15 is 0 Å².